The molecular formula is C10H12F2N2. The van der Waals surface area contributed by atoms with Crippen LogP contribution in [0.3, 0.4) is 0 Å². The van der Waals surface area contributed by atoms with Crippen LogP contribution in [0.2, 0.25) is 0 Å². The fraction of sp³-hybridized carbons (Fsp3) is 0.300. The van der Waals surface area contributed by atoms with Crippen molar-refractivity contribution < 1.29 is 8.78 Å². The van der Waals surface area contributed by atoms with E-state index in [1.807, 2.05) is 13.8 Å². The largest absolute Gasteiger partial charge is 0.387 e. The lowest BCUT2D eigenvalue weighted by molar-refractivity contribution is 0.602. The van der Waals surface area contributed by atoms with Crippen molar-refractivity contribution in [1.82, 2.24) is 0 Å². The van der Waals surface area contributed by atoms with E-state index in [0.717, 1.165) is 18.2 Å². The summed E-state index contributed by atoms with van der Waals surface area (Å²) in [5.74, 6) is -0.802. The van der Waals surface area contributed by atoms with Crippen LogP contribution in [-0.4, -0.2) is 5.84 Å². The summed E-state index contributed by atoms with van der Waals surface area (Å²) in [5, 5.41) is 0. The highest BCUT2D eigenvalue weighted by molar-refractivity contribution is 5.84. The average Bonchev–Trinajstić information content (AvgIpc) is 2.11. The van der Waals surface area contributed by atoms with Crippen molar-refractivity contribution >= 4 is 11.5 Å². The summed E-state index contributed by atoms with van der Waals surface area (Å²) in [7, 11) is 0. The summed E-state index contributed by atoms with van der Waals surface area (Å²) in [6, 6.07) is 3.09. The van der Waals surface area contributed by atoms with Gasteiger partial charge in [-0.05, 0) is 12.1 Å². The fourth-order valence-electron chi connectivity index (χ4n) is 0.840. The molecule has 0 bridgehead atoms. The zero-order chi connectivity index (χ0) is 10.7. The van der Waals surface area contributed by atoms with Gasteiger partial charge < -0.3 is 5.73 Å². The number of aliphatic imine (C=N–C) groups is 1. The molecule has 1 aromatic rings. The molecule has 2 N–H and O–H groups in total. The van der Waals surface area contributed by atoms with Crippen molar-refractivity contribution in [2.24, 2.45) is 16.6 Å². The Morgan fingerprint density at radius 2 is 2.00 bits per heavy atom. The van der Waals surface area contributed by atoms with Gasteiger partial charge in [0, 0.05) is 12.0 Å². The molecule has 0 radical (unpaired) electrons. The van der Waals surface area contributed by atoms with Crippen molar-refractivity contribution in [2.75, 3.05) is 0 Å². The number of hydrogen-bond acceptors (Lipinski definition) is 1. The van der Waals surface area contributed by atoms with Gasteiger partial charge in [0.25, 0.3) is 0 Å². The van der Waals surface area contributed by atoms with Crippen molar-refractivity contribution in [1.29, 1.82) is 0 Å². The predicted octanol–water partition coefficient (Wildman–Crippen LogP) is 2.61. The molecule has 0 aliphatic heterocycles. The monoisotopic (exact) mass is 198 g/mol. The zero-order valence-electron chi connectivity index (χ0n) is 8.09. The molecule has 0 aliphatic rings. The van der Waals surface area contributed by atoms with Gasteiger partial charge in [0.1, 0.15) is 23.2 Å². The van der Waals surface area contributed by atoms with Crippen LogP contribution in [-0.2, 0) is 0 Å². The molecule has 14 heavy (non-hydrogen) atoms. The van der Waals surface area contributed by atoms with Gasteiger partial charge in [-0.1, -0.05) is 13.8 Å². The first-order chi connectivity index (χ1) is 6.50. The normalized spacial score (nSPS) is 12.2. The van der Waals surface area contributed by atoms with Crippen LogP contribution in [0.5, 0.6) is 0 Å². The van der Waals surface area contributed by atoms with Crippen LogP contribution in [0.1, 0.15) is 13.8 Å². The number of nitrogens with zero attached hydrogens (tertiary/aromatic N) is 1. The second-order valence-electron chi connectivity index (χ2n) is 3.29. The molecule has 2 nitrogen and oxygen atoms in total. The highest BCUT2D eigenvalue weighted by atomic mass is 19.1. The van der Waals surface area contributed by atoms with Crippen LogP contribution in [0.25, 0.3) is 0 Å². The Labute approximate surface area is 81.5 Å². The van der Waals surface area contributed by atoms with Crippen molar-refractivity contribution in [2.45, 2.75) is 13.8 Å². The summed E-state index contributed by atoms with van der Waals surface area (Å²) in [6.45, 7) is 3.66. The molecule has 0 heterocycles. The van der Waals surface area contributed by atoms with Crippen LogP contribution >= 0.6 is 0 Å². The lowest BCUT2D eigenvalue weighted by Gasteiger charge is -2.04. The number of rotatable bonds is 2. The van der Waals surface area contributed by atoms with Crippen molar-refractivity contribution in [3.8, 4) is 0 Å². The fourth-order valence-corrected chi connectivity index (χ4v) is 0.840. The van der Waals surface area contributed by atoms with Crippen LogP contribution < -0.4 is 5.73 Å². The van der Waals surface area contributed by atoms with Gasteiger partial charge >= 0.3 is 0 Å². The van der Waals surface area contributed by atoms with E-state index >= 15 is 0 Å². The summed E-state index contributed by atoms with van der Waals surface area (Å²) < 4.78 is 25.8. The molecule has 1 aromatic carbocycles. The number of nitrogens with two attached hydrogens (primary N) is 1. The first-order valence-corrected chi connectivity index (χ1v) is 4.30. The summed E-state index contributed by atoms with van der Waals surface area (Å²) >= 11 is 0. The van der Waals surface area contributed by atoms with Gasteiger partial charge in [0.15, 0.2) is 0 Å². The second-order valence-corrected chi connectivity index (χ2v) is 3.29. The van der Waals surface area contributed by atoms with E-state index in [1.165, 1.54) is 0 Å². The lowest BCUT2D eigenvalue weighted by Crippen LogP contribution is -2.18. The van der Waals surface area contributed by atoms with Gasteiger partial charge in [-0.15, -0.1) is 0 Å². The summed E-state index contributed by atoms with van der Waals surface area (Å²) in [5.41, 5.74) is 5.47. The molecule has 0 atom stereocenters. The molecule has 0 amide bonds. The minimum Gasteiger partial charge on any atom is -0.387 e. The van der Waals surface area contributed by atoms with Gasteiger partial charge in [0.2, 0.25) is 0 Å². The van der Waals surface area contributed by atoms with Crippen molar-refractivity contribution in [3.63, 3.8) is 0 Å². The third-order valence-corrected chi connectivity index (χ3v) is 1.75. The zero-order valence-corrected chi connectivity index (χ0v) is 8.09. The molecule has 0 fully saturated rings. The first kappa shape index (κ1) is 10.6. The van der Waals surface area contributed by atoms with E-state index in [0.29, 0.717) is 0 Å². The predicted molar refractivity (Wildman–Crippen MR) is 52.5 cm³/mol. The molecular weight excluding hydrogens is 186 g/mol. The van der Waals surface area contributed by atoms with Gasteiger partial charge in [-0.2, -0.15) is 0 Å². The van der Waals surface area contributed by atoms with Crippen LogP contribution in [0.4, 0.5) is 14.5 Å². The van der Waals surface area contributed by atoms with Gasteiger partial charge in [0.05, 0.1) is 0 Å². The Kier molecular flexibility index (Phi) is 3.17. The summed E-state index contributed by atoms with van der Waals surface area (Å²) in [4.78, 5) is 3.80. The van der Waals surface area contributed by atoms with Gasteiger partial charge in [-0.25, -0.2) is 13.8 Å². The highest BCUT2D eigenvalue weighted by Gasteiger charge is 2.05. The molecule has 4 heteroatoms. The molecule has 0 saturated carbocycles. The molecule has 0 saturated heterocycles. The van der Waals surface area contributed by atoms with E-state index in [2.05, 4.69) is 4.99 Å². The summed E-state index contributed by atoms with van der Waals surface area (Å²) in [6.07, 6.45) is 0. The minimum absolute atomic E-state index is 0.0117. The Bertz CT molecular complexity index is 359. The SMILES string of the molecule is CC(C)C(N)=Nc1cc(F)ccc1F. The molecule has 1 rings (SSSR count). The Morgan fingerprint density at radius 3 is 2.57 bits per heavy atom. The smallest absolute Gasteiger partial charge is 0.149 e. The van der Waals surface area contributed by atoms with E-state index in [4.69, 9.17) is 5.73 Å². The first-order valence-electron chi connectivity index (χ1n) is 4.30. The Balaban J connectivity index is 3.07. The molecule has 0 aliphatic carbocycles. The highest BCUT2D eigenvalue weighted by Crippen LogP contribution is 2.19. The Morgan fingerprint density at radius 1 is 1.36 bits per heavy atom. The van der Waals surface area contributed by atoms with E-state index < -0.39 is 11.6 Å². The standard InChI is InChI=1S/C10H12F2N2/c1-6(2)10(13)14-9-5-7(11)3-4-8(9)12/h3-6H,1-2H3,(H2,13,14). The van der Waals surface area contributed by atoms with E-state index in [1.54, 1.807) is 0 Å². The Hall–Kier alpha value is -1.45. The third kappa shape index (κ3) is 2.52. The number of hydrogen-bond donors (Lipinski definition) is 1. The number of benzene rings is 1. The number of halogens is 2. The maximum absolute atomic E-state index is 13.1. The minimum atomic E-state index is -0.574. The molecule has 0 aromatic heterocycles. The van der Waals surface area contributed by atoms with E-state index in [-0.39, 0.29) is 17.4 Å². The van der Waals surface area contributed by atoms with Crippen LogP contribution in [0.15, 0.2) is 23.2 Å². The third-order valence-electron chi connectivity index (χ3n) is 1.75. The maximum atomic E-state index is 13.1. The number of amidine groups is 1. The quantitative estimate of drug-likeness (QED) is 0.575. The van der Waals surface area contributed by atoms with Gasteiger partial charge in [-0.3, -0.25) is 0 Å². The van der Waals surface area contributed by atoms with Crippen molar-refractivity contribution in [3.05, 3.63) is 29.8 Å². The van der Waals surface area contributed by atoms with E-state index in [9.17, 15) is 8.78 Å². The average molecular weight is 198 g/mol. The molecule has 0 unspecified atom stereocenters. The second kappa shape index (κ2) is 4.17. The molecule has 76 valence electrons. The lowest BCUT2D eigenvalue weighted by atomic mass is 10.2. The topological polar surface area (TPSA) is 38.4 Å². The van der Waals surface area contributed by atoms with Crippen LogP contribution in [0, 0.1) is 17.6 Å². The molecule has 0 spiro atoms. The maximum Gasteiger partial charge on any atom is 0.149 e.